The number of aliphatic carboxylic acids is 1. The van der Waals surface area contributed by atoms with E-state index in [0.29, 0.717) is 18.8 Å². The van der Waals surface area contributed by atoms with Crippen LogP contribution in [-0.4, -0.2) is 40.1 Å². The third-order valence-electron chi connectivity index (χ3n) is 4.01. The van der Waals surface area contributed by atoms with Gasteiger partial charge in [0.25, 0.3) is 0 Å². The molecular formula is C13H21NO5. The van der Waals surface area contributed by atoms with E-state index in [0.717, 1.165) is 24.1 Å². The number of hydroxylamine groups is 1. The summed E-state index contributed by atoms with van der Waals surface area (Å²) < 4.78 is 0. The highest BCUT2D eigenvalue weighted by atomic mass is 16.7. The summed E-state index contributed by atoms with van der Waals surface area (Å²) in [5.74, 6) is -0.463. The van der Waals surface area contributed by atoms with Crippen molar-refractivity contribution in [2.75, 3.05) is 6.61 Å². The molecule has 0 aromatic rings. The smallest absolute Gasteiger partial charge is 0.332 e. The van der Waals surface area contributed by atoms with Gasteiger partial charge in [0.05, 0.1) is 12.2 Å². The summed E-state index contributed by atoms with van der Waals surface area (Å²) >= 11 is 0. The number of carboxylic acids is 1. The van der Waals surface area contributed by atoms with E-state index in [1.807, 2.05) is 0 Å². The number of rotatable bonds is 7. The average molecular weight is 271 g/mol. The van der Waals surface area contributed by atoms with Crippen LogP contribution in [-0.2, 0) is 9.63 Å². The Labute approximate surface area is 112 Å². The second-order valence-electron chi connectivity index (χ2n) is 5.46. The molecule has 2 aliphatic rings. The zero-order chi connectivity index (χ0) is 14.0. The topological polar surface area (TPSA) is 99.0 Å². The predicted molar refractivity (Wildman–Crippen MR) is 66.9 cm³/mol. The fraction of sp³-hybridized carbons (Fsp3) is 0.769. The minimum absolute atomic E-state index is 0.203. The van der Waals surface area contributed by atoms with Gasteiger partial charge in [0.15, 0.2) is 6.61 Å². The molecule has 0 bridgehead atoms. The van der Waals surface area contributed by atoms with Crippen molar-refractivity contribution in [3.05, 3.63) is 11.3 Å². The molecule has 4 atom stereocenters. The third-order valence-corrected chi connectivity index (χ3v) is 4.01. The normalized spacial score (nSPS) is 30.8. The Balaban J connectivity index is 1.84. The van der Waals surface area contributed by atoms with Crippen LogP contribution in [0.25, 0.3) is 0 Å². The van der Waals surface area contributed by atoms with Crippen molar-refractivity contribution in [2.24, 2.45) is 11.8 Å². The van der Waals surface area contributed by atoms with Gasteiger partial charge in [0.1, 0.15) is 0 Å². The molecule has 4 unspecified atom stereocenters. The monoisotopic (exact) mass is 271 g/mol. The Hall–Kier alpha value is -1.11. The van der Waals surface area contributed by atoms with Crippen molar-refractivity contribution >= 4 is 5.97 Å². The van der Waals surface area contributed by atoms with Crippen molar-refractivity contribution in [1.29, 1.82) is 0 Å². The summed E-state index contributed by atoms with van der Waals surface area (Å²) in [6, 6.07) is 0. The fourth-order valence-electron chi connectivity index (χ4n) is 3.02. The summed E-state index contributed by atoms with van der Waals surface area (Å²) in [5.41, 5.74) is 4.72. The van der Waals surface area contributed by atoms with Gasteiger partial charge < -0.3 is 15.3 Å². The van der Waals surface area contributed by atoms with E-state index < -0.39 is 5.97 Å². The molecule has 0 saturated heterocycles. The number of hydrogen-bond donors (Lipinski definition) is 4. The van der Waals surface area contributed by atoms with E-state index >= 15 is 0 Å². The number of aliphatic hydroxyl groups is 2. The van der Waals surface area contributed by atoms with Crippen LogP contribution in [0.5, 0.6) is 0 Å². The highest BCUT2D eigenvalue weighted by Crippen LogP contribution is 2.50. The molecule has 108 valence electrons. The molecule has 0 radical (unpaired) electrons. The van der Waals surface area contributed by atoms with Crippen LogP contribution in [0.15, 0.2) is 11.3 Å². The minimum Gasteiger partial charge on any atom is -0.479 e. The largest absolute Gasteiger partial charge is 0.479 e. The van der Waals surface area contributed by atoms with Crippen molar-refractivity contribution < 1.29 is 25.0 Å². The van der Waals surface area contributed by atoms with Crippen LogP contribution in [0.4, 0.5) is 0 Å². The van der Waals surface area contributed by atoms with Crippen LogP contribution in [0.2, 0.25) is 0 Å². The van der Waals surface area contributed by atoms with Gasteiger partial charge in [-0.05, 0) is 50.0 Å². The van der Waals surface area contributed by atoms with Gasteiger partial charge in [-0.15, -0.1) is 0 Å². The van der Waals surface area contributed by atoms with E-state index in [-0.39, 0.29) is 24.7 Å². The fourth-order valence-corrected chi connectivity index (χ4v) is 3.02. The third kappa shape index (κ3) is 3.26. The summed E-state index contributed by atoms with van der Waals surface area (Å²) in [6.07, 6.45) is 2.22. The highest BCUT2D eigenvalue weighted by Gasteiger charge is 2.45. The van der Waals surface area contributed by atoms with Crippen LogP contribution in [0.1, 0.15) is 32.6 Å². The Morgan fingerprint density at radius 3 is 2.89 bits per heavy atom. The molecule has 6 nitrogen and oxygen atoms in total. The second-order valence-corrected chi connectivity index (χ2v) is 5.46. The maximum atomic E-state index is 10.3. The minimum atomic E-state index is -1.02. The molecule has 19 heavy (non-hydrogen) atoms. The van der Waals surface area contributed by atoms with Crippen molar-refractivity contribution in [3.63, 3.8) is 0 Å². The molecule has 2 rings (SSSR count). The second kappa shape index (κ2) is 5.90. The molecule has 0 amide bonds. The van der Waals surface area contributed by atoms with Gasteiger partial charge in [-0.25, -0.2) is 4.79 Å². The van der Waals surface area contributed by atoms with Crippen molar-refractivity contribution in [2.45, 2.75) is 44.8 Å². The molecule has 0 aromatic carbocycles. The SMILES string of the molecule is CC(O)CCC1C(O)CC2=C(NOCC(=O)O)CC21. The van der Waals surface area contributed by atoms with Crippen LogP contribution in [0, 0.1) is 11.8 Å². The zero-order valence-electron chi connectivity index (χ0n) is 11.0. The number of aliphatic hydroxyl groups excluding tert-OH is 2. The van der Waals surface area contributed by atoms with Crippen molar-refractivity contribution in [3.8, 4) is 0 Å². The Morgan fingerprint density at radius 2 is 2.26 bits per heavy atom. The Morgan fingerprint density at radius 1 is 1.53 bits per heavy atom. The van der Waals surface area contributed by atoms with Crippen molar-refractivity contribution in [1.82, 2.24) is 5.48 Å². The average Bonchev–Trinajstić information content (AvgIpc) is 2.55. The van der Waals surface area contributed by atoms with Gasteiger partial charge in [0, 0.05) is 5.70 Å². The van der Waals surface area contributed by atoms with E-state index in [1.54, 1.807) is 6.92 Å². The first-order chi connectivity index (χ1) is 8.99. The lowest BCUT2D eigenvalue weighted by Crippen LogP contribution is -2.31. The van der Waals surface area contributed by atoms with Crippen LogP contribution in [0.3, 0.4) is 0 Å². The maximum Gasteiger partial charge on any atom is 0.332 e. The molecule has 0 aliphatic heterocycles. The van der Waals surface area contributed by atoms with E-state index in [4.69, 9.17) is 9.94 Å². The Bertz CT molecular complexity index is 379. The summed E-state index contributed by atoms with van der Waals surface area (Å²) in [4.78, 5) is 15.2. The quantitative estimate of drug-likeness (QED) is 0.501. The molecule has 4 N–H and O–H groups in total. The highest BCUT2D eigenvalue weighted by molar-refractivity contribution is 5.67. The first kappa shape index (κ1) is 14.3. The van der Waals surface area contributed by atoms with Gasteiger partial charge in [-0.1, -0.05) is 0 Å². The first-order valence-corrected chi connectivity index (χ1v) is 6.66. The summed E-state index contributed by atoms with van der Waals surface area (Å²) in [5, 5.41) is 27.8. The van der Waals surface area contributed by atoms with Gasteiger partial charge in [-0.2, -0.15) is 0 Å². The lowest BCUT2D eigenvalue weighted by molar-refractivity contribution is -0.144. The lowest BCUT2D eigenvalue weighted by atomic mass is 9.77. The number of hydrogen-bond acceptors (Lipinski definition) is 5. The number of nitrogens with one attached hydrogen (secondary N) is 1. The van der Waals surface area contributed by atoms with E-state index in [9.17, 15) is 15.0 Å². The summed E-state index contributed by atoms with van der Waals surface area (Å²) in [6.45, 7) is 1.38. The molecule has 6 heteroatoms. The molecule has 1 fully saturated rings. The number of carboxylic acid groups (broad SMARTS) is 1. The number of allylic oxidation sites excluding steroid dienone is 1. The predicted octanol–water partition coefficient (Wildman–Crippen LogP) is 0.408. The van der Waals surface area contributed by atoms with Gasteiger partial charge in [0.2, 0.25) is 0 Å². The number of fused-ring (bicyclic) bond motifs is 1. The Kier molecular flexibility index (Phi) is 4.44. The zero-order valence-corrected chi connectivity index (χ0v) is 11.0. The van der Waals surface area contributed by atoms with Gasteiger partial charge in [-0.3, -0.25) is 10.3 Å². The van der Waals surface area contributed by atoms with Crippen LogP contribution < -0.4 is 5.48 Å². The standard InChI is InChI=1S/C13H21NO5/c1-7(15)2-3-8-9-4-11(10(9)5-12(8)16)14-19-6-13(17)18/h7-9,12,14-16H,2-6H2,1H3,(H,17,18). The lowest BCUT2D eigenvalue weighted by Gasteiger charge is -2.32. The molecule has 0 spiro atoms. The molecule has 2 aliphatic carbocycles. The molecular weight excluding hydrogens is 250 g/mol. The first-order valence-electron chi connectivity index (χ1n) is 6.66. The molecule has 1 saturated carbocycles. The molecule has 0 heterocycles. The van der Waals surface area contributed by atoms with E-state index in [2.05, 4.69) is 5.48 Å². The molecule has 0 aromatic heterocycles. The number of carbonyl (C=O) groups is 1. The maximum absolute atomic E-state index is 10.3. The van der Waals surface area contributed by atoms with Gasteiger partial charge >= 0.3 is 5.97 Å². The van der Waals surface area contributed by atoms with Crippen LogP contribution >= 0.6 is 0 Å². The van der Waals surface area contributed by atoms with E-state index in [1.165, 1.54) is 0 Å². The summed E-state index contributed by atoms with van der Waals surface area (Å²) in [7, 11) is 0.